The minimum Gasteiger partial charge on any atom is -0.478 e. The van der Waals surface area contributed by atoms with Crippen LogP contribution in [0.5, 0.6) is 0 Å². The Morgan fingerprint density at radius 1 is 1.04 bits per heavy atom. The van der Waals surface area contributed by atoms with E-state index in [1.165, 1.54) is 6.07 Å². The number of nitrogens with one attached hydrogen (secondary N) is 2. The van der Waals surface area contributed by atoms with Crippen LogP contribution in [0, 0.1) is 13.8 Å². The molecule has 0 radical (unpaired) electrons. The number of aryl methyl sites for hydroxylation is 2. The lowest BCUT2D eigenvalue weighted by Crippen LogP contribution is -2.24. The molecule has 27 heavy (non-hydrogen) atoms. The molecule has 0 saturated carbocycles. The molecule has 2 rings (SSSR count). The monoisotopic (exact) mass is 390 g/mol. The van der Waals surface area contributed by atoms with Crippen LogP contribution >= 0.6 is 0 Å². The zero-order valence-electron chi connectivity index (χ0n) is 15.4. The van der Waals surface area contributed by atoms with Crippen LogP contribution in [0.25, 0.3) is 0 Å². The molecule has 0 unspecified atom stereocenters. The molecule has 2 aromatic rings. The number of carbonyl (C=O) groups is 2. The SMILES string of the molecule is CCS(=O)(=O)NCc1ccc(C(=O)Nc2cc(C(=O)O)c(C)cc2C)cc1. The fourth-order valence-electron chi connectivity index (χ4n) is 2.48. The number of sulfonamides is 1. The number of anilines is 1. The molecule has 2 aromatic carbocycles. The van der Waals surface area contributed by atoms with Gasteiger partial charge in [-0.25, -0.2) is 17.9 Å². The molecule has 0 heterocycles. The van der Waals surface area contributed by atoms with E-state index < -0.39 is 16.0 Å². The Balaban J connectivity index is 2.13. The number of hydrogen-bond donors (Lipinski definition) is 3. The maximum Gasteiger partial charge on any atom is 0.336 e. The predicted octanol–water partition coefficient (Wildman–Crippen LogP) is 2.69. The summed E-state index contributed by atoms with van der Waals surface area (Å²) in [4.78, 5) is 23.7. The van der Waals surface area contributed by atoms with E-state index in [0.29, 0.717) is 16.8 Å². The molecule has 0 spiro atoms. The Morgan fingerprint density at radius 3 is 2.22 bits per heavy atom. The Labute approximate surface area is 158 Å². The standard InChI is InChI=1S/C19H22N2O5S/c1-4-27(25,26)20-11-14-5-7-15(8-6-14)18(22)21-17-10-16(19(23)24)12(2)9-13(17)3/h5-10,20H,4,11H2,1-3H3,(H,21,22)(H,23,24). The number of carboxylic acids is 1. The Kier molecular flexibility index (Phi) is 6.35. The van der Waals surface area contributed by atoms with Crippen molar-refractivity contribution in [2.75, 3.05) is 11.1 Å². The van der Waals surface area contributed by atoms with Gasteiger partial charge in [-0.05, 0) is 55.7 Å². The van der Waals surface area contributed by atoms with E-state index in [1.54, 1.807) is 51.1 Å². The van der Waals surface area contributed by atoms with Gasteiger partial charge < -0.3 is 10.4 Å². The number of amides is 1. The molecule has 3 N–H and O–H groups in total. The summed E-state index contributed by atoms with van der Waals surface area (Å²) in [5, 5.41) is 11.9. The number of benzene rings is 2. The molecule has 0 bridgehead atoms. The lowest BCUT2D eigenvalue weighted by Gasteiger charge is -2.12. The second-order valence-electron chi connectivity index (χ2n) is 6.16. The Bertz CT molecular complexity index is 966. The summed E-state index contributed by atoms with van der Waals surface area (Å²) in [6.45, 7) is 5.19. The molecule has 1 amide bonds. The van der Waals surface area contributed by atoms with Gasteiger partial charge in [0.2, 0.25) is 10.0 Å². The van der Waals surface area contributed by atoms with Crippen LogP contribution in [0.1, 0.15) is 44.3 Å². The van der Waals surface area contributed by atoms with Crippen molar-refractivity contribution in [3.63, 3.8) is 0 Å². The topological polar surface area (TPSA) is 113 Å². The third kappa shape index (κ3) is 5.38. The van der Waals surface area contributed by atoms with Crippen LogP contribution < -0.4 is 10.0 Å². The first-order valence-corrected chi connectivity index (χ1v) is 10.0. The van der Waals surface area contributed by atoms with Crippen molar-refractivity contribution < 1.29 is 23.1 Å². The fraction of sp³-hybridized carbons (Fsp3) is 0.263. The number of rotatable bonds is 7. The molecule has 0 atom stereocenters. The molecular weight excluding hydrogens is 368 g/mol. The highest BCUT2D eigenvalue weighted by Crippen LogP contribution is 2.21. The van der Waals surface area contributed by atoms with E-state index >= 15 is 0 Å². The van der Waals surface area contributed by atoms with Crippen molar-refractivity contribution in [2.24, 2.45) is 0 Å². The van der Waals surface area contributed by atoms with Crippen molar-refractivity contribution >= 4 is 27.6 Å². The molecule has 0 fully saturated rings. The van der Waals surface area contributed by atoms with Crippen LogP contribution in [0.2, 0.25) is 0 Å². The van der Waals surface area contributed by atoms with Gasteiger partial charge in [-0.2, -0.15) is 0 Å². The number of aromatic carboxylic acids is 1. The van der Waals surface area contributed by atoms with E-state index in [9.17, 15) is 23.1 Å². The summed E-state index contributed by atoms with van der Waals surface area (Å²) in [6.07, 6.45) is 0. The lowest BCUT2D eigenvalue weighted by molar-refractivity contribution is 0.0695. The lowest BCUT2D eigenvalue weighted by atomic mass is 10.0. The summed E-state index contributed by atoms with van der Waals surface area (Å²) < 4.78 is 25.4. The fourth-order valence-corrected chi connectivity index (χ4v) is 3.07. The Morgan fingerprint density at radius 2 is 1.67 bits per heavy atom. The predicted molar refractivity (Wildman–Crippen MR) is 104 cm³/mol. The first-order valence-electron chi connectivity index (χ1n) is 8.35. The van der Waals surface area contributed by atoms with E-state index in [1.807, 2.05) is 0 Å². The largest absolute Gasteiger partial charge is 0.478 e. The Hall–Kier alpha value is -2.71. The molecule has 144 valence electrons. The van der Waals surface area contributed by atoms with Crippen molar-refractivity contribution in [1.82, 2.24) is 4.72 Å². The van der Waals surface area contributed by atoms with E-state index in [2.05, 4.69) is 10.0 Å². The summed E-state index contributed by atoms with van der Waals surface area (Å²) in [5.41, 5.74) is 3.06. The van der Waals surface area contributed by atoms with Gasteiger partial charge in [0.05, 0.1) is 11.3 Å². The van der Waals surface area contributed by atoms with E-state index in [0.717, 1.165) is 11.1 Å². The highest BCUT2D eigenvalue weighted by Gasteiger charge is 2.13. The molecule has 8 heteroatoms. The molecule has 0 aromatic heterocycles. The maximum atomic E-state index is 12.4. The highest BCUT2D eigenvalue weighted by atomic mass is 32.2. The van der Waals surface area contributed by atoms with E-state index in [4.69, 9.17) is 0 Å². The number of carbonyl (C=O) groups excluding carboxylic acids is 1. The minimum absolute atomic E-state index is 0.00171. The van der Waals surface area contributed by atoms with Crippen LogP contribution in [-0.4, -0.2) is 31.2 Å². The van der Waals surface area contributed by atoms with Gasteiger partial charge in [-0.1, -0.05) is 18.2 Å². The van der Waals surface area contributed by atoms with E-state index in [-0.39, 0.29) is 23.8 Å². The van der Waals surface area contributed by atoms with Crippen molar-refractivity contribution in [3.05, 3.63) is 64.2 Å². The zero-order chi connectivity index (χ0) is 20.2. The van der Waals surface area contributed by atoms with Crippen LogP contribution in [0.4, 0.5) is 5.69 Å². The summed E-state index contributed by atoms with van der Waals surface area (Å²) >= 11 is 0. The first-order chi connectivity index (χ1) is 12.6. The van der Waals surface area contributed by atoms with Crippen LogP contribution in [-0.2, 0) is 16.6 Å². The average Bonchev–Trinajstić information content (AvgIpc) is 2.62. The van der Waals surface area contributed by atoms with Crippen molar-refractivity contribution in [3.8, 4) is 0 Å². The third-order valence-corrected chi connectivity index (χ3v) is 5.49. The molecular formula is C19H22N2O5S. The molecule has 0 aliphatic heterocycles. The van der Waals surface area contributed by atoms with Gasteiger partial charge >= 0.3 is 5.97 Å². The van der Waals surface area contributed by atoms with Crippen molar-refractivity contribution in [2.45, 2.75) is 27.3 Å². The van der Waals surface area contributed by atoms with Gasteiger partial charge in [-0.15, -0.1) is 0 Å². The van der Waals surface area contributed by atoms with Gasteiger partial charge in [0, 0.05) is 17.8 Å². The van der Waals surface area contributed by atoms with Crippen LogP contribution in [0.3, 0.4) is 0 Å². The number of hydrogen-bond acceptors (Lipinski definition) is 4. The van der Waals surface area contributed by atoms with Crippen molar-refractivity contribution in [1.29, 1.82) is 0 Å². The van der Waals surface area contributed by atoms with Gasteiger partial charge in [-0.3, -0.25) is 4.79 Å². The van der Waals surface area contributed by atoms with Gasteiger partial charge in [0.25, 0.3) is 5.91 Å². The molecule has 7 nitrogen and oxygen atoms in total. The second-order valence-corrected chi connectivity index (χ2v) is 8.26. The number of carboxylic acid groups (broad SMARTS) is 1. The molecule has 0 aliphatic rings. The normalized spacial score (nSPS) is 11.2. The molecule has 0 aliphatic carbocycles. The smallest absolute Gasteiger partial charge is 0.336 e. The minimum atomic E-state index is -3.28. The van der Waals surface area contributed by atoms with Crippen LogP contribution in [0.15, 0.2) is 36.4 Å². The highest BCUT2D eigenvalue weighted by molar-refractivity contribution is 7.89. The maximum absolute atomic E-state index is 12.4. The quantitative estimate of drug-likeness (QED) is 0.673. The first kappa shape index (κ1) is 20.6. The molecule has 0 saturated heterocycles. The third-order valence-electron chi connectivity index (χ3n) is 4.14. The average molecular weight is 390 g/mol. The van der Waals surface area contributed by atoms with Gasteiger partial charge in [0.15, 0.2) is 0 Å². The van der Waals surface area contributed by atoms with Gasteiger partial charge in [0.1, 0.15) is 0 Å². The zero-order valence-corrected chi connectivity index (χ0v) is 16.2. The summed E-state index contributed by atoms with van der Waals surface area (Å²) in [7, 11) is -3.28. The summed E-state index contributed by atoms with van der Waals surface area (Å²) in [6, 6.07) is 9.66. The summed E-state index contributed by atoms with van der Waals surface area (Å²) in [5.74, 6) is -1.43. The second kappa shape index (κ2) is 8.32.